The fraction of sp³-hybridized carbons (Fsp3) is 0.333. The number of aliphatic hydroxyl groups is 1. The van der Waals surface area contributed by atoms with Crippen molar-refractivity contribution in [3.63, 3.8) is 0 Å². The molecule has 1 atom stereocenters. The maximum Gasteiger partial charge on any atom is 0.253 e. The van der Waals surface area contributed by atoms with Crippen LogP contribution in [-0.2, 0) is 0 Å². The zero-order valence-corrected chi connectivity index (χ0v) is 14.0. The number of hydrogen-bond acceptors (Lipinski definition) is 4. The number of H-pyrrole nitrogens is 1. The zero-order chi connectivity index (χ0) is 17.7. The molecule has 1 amide bonds. The number of ether oxygens (including phenoxy) is 1. The molecule has 0 aliphatic heterocycles. The first-order valence-electron chi connectivity index (χ1n) is 7.79. The lowest BCUT2D eigenvalue weighted by Crippen LogP contribution is -2.29. The lowest BCUT2D eigenvalue weighted by molar-refractivity contribution is 0.0915. The molecule has 0 spiro atoms. The Labute approximate surface area is 140 Å². The van der Waals surface area contributed by atoms with Gasteiger partial charge in [0.15, 0.2) is 0 Å². The predicted molar refractivity (Wildman–Crippen MR) is 91.3 cm³/mol. The summed E-state index contributed by atoms with van der Waals surface area (Å²) in [5.41, 5.74) is 1.39. The van der Waals surface area contributed by atoms with Gasteiger partial charge in [-0.2, -0.15) is 0 Å². The van der Waals surface area contributed by atoms with Gasteiger partial charge in [0, 0.05) is 18.8 Å². The number of aromatic amines is 1. The number of aliphatic hydroxyl groups excluding tert-OH is 1. The number of carbonyl (C=O) groups is 1. The van der Waals surface area contributed by atoms with Gasteiger partial charge in [0.1, 0.15) is 5.75 Å². The Bertz CT molecular complexity index is 750. The SMILES string of the molecule is Cc1cc(=O)[nH]cc1C(=O)NC[C@H](O)c1ccc(OC(C)C)cc1. The number of carbonyl (C=O) groups excluding carboxylic acids is 1. The number of hydrogen-bond donors (Lipinski definition) is 3. The number of amides is 1. The van der Waals surface area contributed by atoms with Crippen LogP contribution in [0.4, 0.5) is 0 Å². The number of rotatable bonds is 6. The molecule has 0 aliphatic carbocycles. The smallest absolute Gasteiger partial charge is 0.253 e. The van der Waals surface area contributed by atoms with E-state index in [1.807, 2.05) is 13.8 Å². The second-order valence-corrected chi connectivity index (χ2v) is 5.86. The third kappa shape index (κ3) is 4.70. The van der Waals surface area contributed by atoms with Crippen molar-refractivity contribution in [2.24, 2.45) is 0 Å². The van der Waals surface area contributed by atoms with Crippen LogP contribution in [0.3, 0.4) is 0 Å². The minimum Gasteiger partial charge on any atom is -0.491 e. The molecule has 0 bridgehead atoms. The first kappa shape index (κ1) is 17.7. The molecule has 24 heavy (non-hydrogen) atoms. The summed E-state index contributed by atoms with van der Waals surface area (Å²) in [6.07, 6.45) is 0.628. The van der Waals surface area contributed by atoms with Crippen LogP contribution in [0.5, 0.6) is 5.75 Å². The highest BCUT2D eigenvalue weighted by molar-refractivity contribution is 5.95. The Hall–Kier alpha value is -2.60. The maximum atomic E-state index is 12.1. The lowest BCUT2D eigenvalue weighted by atomic mass is 10.1. The van der Waals surface area contributed by atoms with E-state index in [0.717, 1.165) is 5.75 Å². The Morgan fingerprint density at radius 1 is 1.29 bits per heavy atom. The van der Waals surface area contributed by atoms with Crippen molar-refractivity contribution >= 4 is 5.91 Å². The minimum atomic E-state index is -0.829. The average Bonchev–Trinajstić information content (AvgIpc) is 2.52. The van der Waals surface area contributed by atoms with Crippen LogP contribution in [-0.4, -0.2) is 28.6 Å². The summed E-state index contributed by atoms with van der Waals surface area (Å²) in [5, 5.41) is 12.9. The molecule has 0 saturated carbocycles. The van der Waals surface area contributed by atoms with Crippen LogP contribution in [0.15, 0.2) is 41.3 Å². The number of benzene rings is 1. The normalized spacial score (nSPS) is 12.0. The highest BCUT2D eigenvalue weighted by Gasteiger charge is 2.13. The van der Waals surface area contributed by atoms with Crippen LogP contribution in [0.25, 0.3) is 0 Å². The summed E-state index contributed by atoms with van der Waals surface area (Å²) in [5.74, 6) is 0.386. The molecule has 128 valence electrons. The van der Waals surface area contributed by atoms with Crippen LogP contribution in [0.2, 0.25) is 0 Å². The number of aromatic nitrogens is 1. The highest BCUT2D eigenvalue weighted by Crippen LogP contribution is 2.18. The maximum absolute atomic E-state index is 12.1. The Kier molecular flexibility index (Phi) is 5.76. The van der Waals surface area contributed by atoms with Crippen LogP contribution >= 0.6 is 0 Å². The summed E-state index contributed by atoms with van der Waals surface area (Å²) >= 11 is 0. The largest absolute Gasteiger partial charge is 0.491 e. The quantitative estimate of drug-likeness (QED) is 0.755. The lowest BCUT2D eigenvalue weighted by Gasteiger charge is -2.14. The number of pyridine rings is 1. The molecular weight excluding hydrogens is 308 g/mol. The van der Waals surface area contributed by atoms with E-state index in [-0.39, 0.29) is 24.1 Å². The molecule has 1 aromatic heterocycles. The van der Waals surface area contributed by atoms with Crippen molar-refractivity contribution in [2.45, 2.75) is 33.0 Å². The first-order valence-corrected chi connectivity index (χ1v) is 7.79. The summed E-state index contributed by atoms with van der Waals surface area (Å²) in [6.45, 7) is 5.64. The molecule has 0 saturated heterocycles. The Morgan fingerprint density at radius 3 is 2.54 bits per heavy atom. The van der Waals surface area contributed by atoms with Crippen molar-refractivity contribution in [3.05, 3.63) is 63.6 Å². The van der Waals surface area contributed by atoms with Gasteiger partial charge in [-0.3, -0.25) is 9.59 Å². The molecule has 6 heteroatoms. The number of nitrogens with one attached hydrogen (secondary N) is 2. The van der Waals surface area contributed by atoms with Gasteiger partial charge in [0.05, 0.1) is 17.8 Å². The summed E-state index contributed by atoms with van der Waals surface area (Å²) in [6, 6.07) is 8.46. The van der Waals surface area contributed by atoms with E-state index in [0.29, 0.717) is 16.7 Å². The molecule has 0 fully saturated rings. The van der Waals surface area contributed by atoms with Gasteiger partial charge in [-0.25, -0.2) is 0 Å². The van der Waals surface area contributed by atoms with Crippen molar-refractivity contribution < 1.29 is 14.6 Å². The predicted octanol–water partition coefficient (Wildman–Crippen LogP) is 1.93. The molecule has 0 aliphatic rings. The zero-order valence-electron chi connectivity index (χ0n) is 14.0. The monoisotopic (exact) mass is 330 g/mol. The van der Waals surface area contributed by atoms with E-state index in [2.05, 4.69) is 10.3 Å². The molecule has 0 radical (unpaired) electrons. The van der Waals surface area contributed by atoms with Gasteiger partial charge in [-0.15, -0.1) is 0 Å². The van der Waals surface area contributed by atoms with E-state index < -0.39 is 6.10 Å². The summed E-state index contributed by atoms with van der Waals surface area (Å²) in [4.78, 5) is 25.8. The Balaban J connectivity index is 1.95. The van der Waals surface area contributed by atoms with Gasteiger partial charge in [0.25, 0.3) is 5.91 Å². The van der Waals surface area contributed by atoms with Crippen LogP contribution in [0, 0.1) is 6.92 Å². The topological polar surface area (TPSA) is 91.4 Å². The molecule has 1 heterocycles. The molecule has 3 N–H and O–H groups in total. The van der Waals surface area contributed by atoms with Crippen molar-refractivity contribution in [3.8, 4) is 5.75 Å². The molecule has 1 aromatic carbocycles. The minimum absolute atomic E-state index is 0.0712. The number of aryl methyl sites for hydroxylation is 1. The molecule has 6 nitrogen and oxygen atoms in total. The molecule has 2 aromatic rings. The van der Waals surface area contributed by atoms with Crippen LogP contribution in [0.1, 0.15) is 41.4 Å². The van der Waals surface area contributed by atoms with E-state index in [4.69, 9.17) is 4.74 Å². The van der Waals surface area contributed by atoms with Gasteiger partial charge in [-0.05, 0) is 44.0 Å². The van der Waals surface area contributed by atoms with E-state index in [1.165, 1.54) is 12.3 Å². The third-order valence-electron chi connectivity index (χ3n) is 3.47. The van der Waals surface area contributed by atoms with Crippen LogP contribution < -0.4 is 15.6 Å². The second-order valence-electron chi connectivity index (χ2n) is 5.86. The first-order chi connectivity index (χ1) is 11.4. The Morgan fingerprint density at radius 2 is 1.96 bits per heavy atom. The van der Waals surface area contributed by atoms with Gasteiger partial charge in [0.2, 0.25) is 5.56 Å². The average molecular weight is 330 g/mol. The molecule has 0 unspecified atom stereocenters. The van der Waals surface area contributed by atoms with Crippen molar-refractivity contribution in [2.75, 3.05) is 6.54 Å². The van der Waals surface area contributed by atoms with Gasteiger partial charge >= 0.3 is 0 Å². The third-order valence-corrected chi connectivity index (χ3v) is 3.47. The highest BCUT2D eigenvalue weighted by atomic mass is 16.5. The van der Waals surface area contributed by atoms with E-state index in [9.17, 15) is 14.7 Å². The second kappa shape index (κ2) is 7.79. The molecule has 2 rings (SSSR count). The fourth-order valence-electron chi connectivity index (χ4n) is 2.26. The fourth-order valence-corrected chi connectivity index (χ4v) is 2.26. The summed E-state index contributed by atoms with van der Waals surface area (Å²) in [7, 11) is 0. The molecular formula is C18H22N2O4. The summed E-state index contributed by atoms with van der Waals surface area (Å²) < 4.78 is 5.55. The van der Waals surface area contributed by atoms with Crippen molar-refractivity contribution in [1.82, 2.24) is 10.3 Å². The standard InChI is InChI=1S/C18H22N2O4/c1-11(2)24-14-6-4-13(5-7-14)16(21)10-20-18(23)15-9-19-17(22)8-12(15)3/h4-9,11,16,21H,10H2,1-3H3,(H,19,22)(H,20,23)/t16-/m0/s1. The van der Waals surface area contributed by atoms with Gasteiger partial charge < -0.3 is 20.1 Å². The van der Waals surface area contributed by atoms with E-state index in [1.54, 1.807) is 31.2 Å². The van der Waals surface area contributed by atoms with Gasteiger partial charge in [-0.1, -0.05) is 12.1 Å². The van der Waals surface area contributed by atoms with Crippen molar-refractivity contribution in [1.29, 1.82) is 0 Å². The van der Waals surface area contributed by atoms with E-state index >= 15 is 0 Å².